The molecular weight excluding hydrogens is 226 g/mol. The Morgan fingerprint density at radius 2 is 1.88 bits per heavy atom. The predicted octanol–water partition coefficient (Wildman–Crippen LogP) is 3.58. The van der Waals surface area contributed by atoms with Gasteiger partial charge in [-0.25, -0.2) is 0 Å². The summed E-state index contributed by atoms with van der Waals surface area (Å²) in [6.45, 7) is 7.53. The topological polar surface area (TPSA) is 21.3 Å². The summed E-state index contributed by atoms with van der Waals surface area (Å²) < 4.78 is 5.87. The Morgan fingerprint density at radius 1 is 1.24 bits per heavy atom. The van der Waals surface area contributed by atoms with Gasteiger partial charge in [0.15, 0.2) is 8.32 Å². The molecule has 0 saturated heterocycles. The number of nitrogens with one attached hydrogen (secondary N) is 1. The van der Waals surface area contributed by atoms with Crippen LogP contribution in [0.2, 0.25) is 19.1 Å². The Kier molecular flexibility index (Phi) is 5.89. The molecule has 1 N–H and O–H groups in total. The molecule has 0 aliphatic rings. The van der Waals surface area contributed by atoms with E-state index in [2.05, 4.69) is 55.7 Å². The van der Waals surface area contributed by atoms with Crippen molar-refractivity contribution in [2.45, 2.75) is 38.5 Å². The van der Waals surface area contributed by atoms with E-state index in [1.807, 2.05) is 7.05 Å². The molecular formula is C14H25NOSi. The molecule has 0 radical (unpaired) electrons. The Balaban J connectivity index is 2.54. The smallest absolute Gasteiger partial charge is 0.186 e. The highest BCUT2D eigenvalue weighted by Crippen LogP contribution is 2.23. The standard InChI is InChI=1S/C14H25NOSi/c1-5-16-17(3,4)12-11-14(15-2)13-9-7-6-8-10-13/h6-10,14-15H,5,11-12H2,1-4H3. The van der Waals surface area contributed by atoms with Crippen LogP contribution in [0.3, 0.4) is 0 Å². The first-order chi connectivity index (χ1) is 8.09. The van der Waals surface area contributed by atoms with E-state index >= 15 is 0 Å². The van der Waals surface area contributed by atoms with Gasteiger partial charge in [0, 0.05) is 12.6 Å². The highest BCUT2D eigenvalue weighted by molar-refractivity contribution is 6.71. The molecule has 3 heteroatoms. The fourth-order valence-electron chi connectivity index (χ4n) is 2.12. The highest BCUT2D eigenvalue weighted by atomic mass is 28.4. The van der Waals surface area contributed by atoms with Gasteiger partial charge in [0.25, 0.3) is 0 Å². The van der Waals surface area contributed by atoms with E-state index in [9.17, 15) is 0 Å². The first kappa shape index (κ1) is 14.4. The van der Waals surface area contributed by atoms with Gasteiger partial charge in [0.2, 0.25) is 0 Å². The van der Waals surface area contributed by atoms with Crippen LogP contribution in [0, 0.1) is 0 Å². The lowest BCUT2D eigenvalue weighted by Crippen LogP contribution is -2.31. The van der Waals surface area contributed by atoms with Gasteiger partial charge in [-0.15, -0.1) is 0 Å². The average Bonchev–Trinajstić information content (AvgIpc) is 2.31. The fourth-order valence-corrected chi connectivity index (χ4v) is 4.03. The molecule has 1 unspecified atom stereocenters. The molecule has 0 amide bonds. The van der Waals surface area contributed by atoms with Gasteiger partial charge >= 0.3 is 0 Å². The molecule has 17 heavy (non-hydrogen) atoms. The van der Waals surface area contributed by atoms with Crippen LogP contribution >= 0.6 is 0 Å². The molecule has 0 fully saturated rings. The summed E-state index contributed by atoms with van der Waals surface area (Å²) in [5.41, 5.74) is 1.37. The van der Waals surface area contributed by atoms with E-state index in [4.69, 9.17) is 4.43 Å². The van der Waals surface area contributed by atoms with Crippen LogP contribution in [0.15, 0.2) is 30.3 Å². The molecule has 0 saturated carbocycles. The average molecular weight is 251 g/mol. The minimum absolute atomic E-state index is 0.448. The lowest BCUT2D eigenvalue weighted by atomic mass is 10.1. The van der Waals surface area contributed by atoms with E-state index in [1.54, 1.807) is 0 Å². The van der Waals surface area contributed by atoms with Crippen LogP contribution in [0.4, 0.5) is 0 Å². The molecule has 0 aromatic heterocycles. The van der Waals surface area contributed by atoms with Crippen molar-refractivity contribution in [2.24, 2.45) is 0 Å². The van der Waals surface area contributed by atoms with E-state index in [-0.39, 0.29) is 0 Å². The summed E-state index contributed by atoms with van der Waals surface area (Å²) >= 11 is 0. The van der Waals surface area contributed by atoms with Gasteiger partial charge in [-0.3, -0.25) is 0 Å². The Bertz CT molecular complexity index is 313. The quantitative estimate of drug-likeness (QED) is 0.748. The predicted molar refractivity (Wildman–Crippen MR) is 76.8 cm³/mol. The summed E-state index contributed by atoms with van der Waals surface area (Å²) in [4.78, 5) is 0. The second-order valence-corrected chi connectivity index (χ2v) is 9.29. The second kappa shape index (κ2) is 6.94. The molecule has 0 bridgehead atoms. The van der Waals surface area contributed by atoms with Crippen molar-refractivity contribution in [3.05, 3.63) is 35.9 Å². The third-order valence-corrected chi connectivity index (χ3v) is 5.68. The zero-order valence-electron chi connectivity index (χ0n) is 11.5. The number of rotatable bonds is 7. The molecule has 0 aliphatic carbocycles. The van der Waals surface area contributed by atoms with Crippen molar-refractivity contribution in [1.29, 1.82) is 0 Å². The molecule has 1 atom stereocenters. The summed E-state index contributed by atoms with van der Waals surface area (Å²) in [7, 11) is 0.579. The Labute approximate surface area is 107 Å². The van der Waals surface area contributed by atoms with Crippen molar-refractivity contribution in [3.8, 4) is 0 Å². The molecule has 2 nitrogen and oxygen atoms in total. The zero-order valence-corrected chi connectivity index (χ0v) is 12.5. The first-order valence-electron chi connectivity index (χ1n) is 6.45. The van der Waals surface area contributed by atoms with Gasteiger partial charge in [-0.2, -0.15) is 0 Å². The lowest BCUT2D eigenvalue weighted by molar-refractivity contribution is 0.326. The maximum Gasteiger partial charge on any atom is 0.186 e. The normalized spacial score (nSPS) is 13.6. The van der Waals surface area contributed by atoms with Crippen molar-refractivity contribution >= 4 is 8.32 Å². The highest BCUT2D eigenvalue weighted by Gasteiger charge is 2.23. The number of hydrogen-bond donors (Lipinski definition) is 1. The molecule has 1 aromatic carbocycles. The lowest BCUT2D eigenvalue weighted by Gasteiger charge is -2.25. The molecule has 0 spiro atoms. The van der Waals surface area contributed by atoms with E-state index in [0.29, 0.717) is 6.04 Å². The summed E-state index contributed by atoms with van der Waals surface area (Å²) in [5.74, 6) is 0. The van der Waals surface area contributed by atoms with Crippen LogP contribution in [0.1, 0.15) is 24.9 Å². The van der Waals surface area contributed by atoms with Crippen molar-refractivity contribution in [3.63, 3.8) is 0 Å². The number of benzene rings is 1. The minimum Gasteiger partial charge on any atom is -0.418 e. The zero-order chi connectivity index (χ0) is 12.7. The summed E-state index contributed by atoms with van der Waals surface area (Å²) in [6.07, 6.45) is 1.15. The van der Waals surface area contributed by atoms with Crippen LogP contribution in [0.25, 0.3) is 0 Å². The molecule has 0 aliphatic heterocycles. The minimum atomic E-state index is -1.46. The van der Waals surface area contributed by atoms with Crippen molar-refractivity contribution in [1.82, 2.24) is 5.32 Å². The summed E-state index contributed by atoms with van der Waals surface area (Å²) in [6, 6.07) is 12.3. The van der Waals surface area contributed by atoms with Crippen molar-refractivity contribution < 1.29 is 4.43 Å². The van der Waals surface area contributed by atoms with Gasteiger partial charge in [-0.1, -0.05) is 30.3 Å². The SMILES string of the molecule is CCO[Si](C)(C)CCC(NC)c1ccccc1. The van der Waals surface area contributed by atoms with Gasteiger partial charge in [0.1, 0.15) is 0 Å². The molecule has 1 rings (SSSR count). The third-order valence-electron chi connectivity index (χ3n) is 3.12. The first-order valence-corrected chi connectivity index (χ1v) is 9.57. The maximum absolute atomic E-state index is 5.87. The van der Waals surface area contributed by atoms with Crippen LogP contribution in [-0.4, -0.2) is 22.0 Å². The molecule has 96 valence electrons. The maximum atomic E-state index is 5.87. The van der Waals surface area contributed by atoms with E-state index in [0.717, 1.165) is 13.0 Å². The second-order valence-electron chi connectivity index (χ2n) is 4.98. The van der Waals surface area contributed by atoms with Crippen LogP contribution in [0.5, 0.6) is 0 Å². The fraction of sp³-hybridized carbons (Fsp3) is 0.571. The van der Waals surface area contributed by atoms with E-state index in [1.165, 1.54) is 11.6 Å². The van der Waals surface area contributed by atoms with Crippen molar-refractivity contribution in [2.75, 3.05) is 13.7 Å². The van der Waals surface area contributed by atoms with Gasteiger partial charge in [-0.05, 0) is 45.1 Å². The summed E-state index contributed by atoms with van der Waals surface area (Å²) in [5, 5.41) is 3.40. The van der Waals surface area contributed by atoms with Crippen LogP contribution < -0.4 is 5.32 Å². The Hall–Kier alpha value is -0.643. The molecule has 0 heterocycles. The van der Waals surface area contributed by atoms with Crippen LogP contribution in [-0.2, 0) is 4.43 Å². The van der Waals surface area contributed by atoms with Gasteiger partial charge in [0.05, 0.1) is 0 Å². The Morgan fingerprint density at radius 3 is 2.41 bits per heavy atom. The molecule has 1 aromatic rings. The number of hydrogen-bond acceptors (Lipinski definition) is 2. The largest absolute Gasteiger partial charge is 0.418 e. The monoisotopic (exact) mass is 251 g/mol. The van der Waals surface area contributed by atoms with E-state index < -0.39 is 8.32 Å². The third kappa shape index (κ3) is 5.02. The van der Waals surface area contributed by atoms with Gasteiger partial charge < -0.3 is 9.74 Å².